The van der Waals surface area contributed by atoms with Crippen molar-refractivity contribution in [3.05, 3.63) is 29.6 Å². The Morgan fingerprint density at radius 1 is 1.50 bits per heavy atom. The number of benzene rings is 1. The second kappa shape index (κ2) is 5.68. The van der Waals surface area contributed by atoms with Gasteiger partial charge in [-0.3, -0.25) is 9.59 Å². The second-order valence-corrected chi connectivity index (χ2v) is 3.48. The lowest BCUT2D eigenvalue weighted by Crippen LogP contribution is -2.32. The quantitative estimate of drug-likeness (QED) is 0.743. The van der Waals surface area contributed by atoms with Crippen molar-refractivity contribution in [2.45, 2.75) is 0 Å². The minimum atomic E-state index is -1.12. The highest BCUT2D eigenvalue weighted by Crippen LogP contribution is 2.21. The molecule has 0 aliphatic heterocycles. The molecule has 0 spiro atoms. The van der Waals surface area contributed by atoms with Crippen LogP contribution >= 0.6 is 0 Å². The zero-order valence-electron chi connectivity index (χ0n) is 9.39. The fourth-order valence-electron chi connectivity index (χ4n) is 1.48. The summed E-state index contributed by atoms with van der Waals surface area (Å²) in [5.74, 6) is -0.337. The molecule has 1 aromatic rings. The Balaban J connectivity index is 3.22. The van der Waals surface area contributed by atoms with Crippen LogP contribution in [0.3, 0.4) is 0 Å². The molecule has 0 aliphatic carbocycles. The zero-order chi connectivity index (χ0) is 13.7. The lowest BCUT2D eigenvalue weighted by Gasteiger charge is -2.22. The number of hydrogen-bond donors (Lipinski definition) is 2. The predicted molar refractivity (Wildman–Crippen MR) is 63.6 cm³/mol. The number of carboxylic acids is 1. The van der Waals surface area contributed by atoms with E-state index in [9.17, 15) is 14.0 Å². The molecule has 0 saturated heterocycles. The molecule has 0 unspecified atom stereocenters. The number of terminal acetylenes is 1. The van der Waals surface area contributed by atoms with Gasteiger partial charge in [-0.15, -0.1) is 6.42 Å². The molecule has 94 valence electrons. The van der Waals surface area contributed by atoms with E-state index >= 15 is 0 Å². The van der Waals surface area contributed by atoms with Gasteiger partial charge in [-0.2, -0.15) is 0 Å². The lowest BCUT2D eigenvalue weighted by molar-refractivity contribution is -0.135. The first-order valence-corrected chi connectivity index (χ1v) is 4.95. The van der Waals surface area contributed by atoms with Crippen LogP contribution < -0.4 is 10.6 Å². The Morgan fingerprint density at radius 3 is 2.67 bits per heavy atom. The topological polar surface area (TPSA) is 83.6 Å². The third-order valence-electron chi connectivity index (χ3n) is 2.17. The second-order valence-electron chi connectivity index (χ2n) is 3.48. The summed E-state index contributed by atoms with van der Waals surface area (Å²) >= 11 is 0. The average molecular weight is 250 g/mol. The molecule has 0 saturated carbocycles. The van der Waals surface area contributed by atoms with E-state index < -0.39 is 24.2 Å². The number of rotatable bonds is 5. The number of hydrogen-bond acceptors (Lipinski definition) is 3. The molecule has 0 radical (unpaired) electrons. The maximum Gasteiger partial charge on any atom is 0.323 e. The van der Waals surface area contributed by atoms with E-state index in [0.29, 0.717) is 0 Å². The van der Waals surface area contributed by atoms with Gasteiger partial charge in [-0.05, 0) is 18.2 Å². The molecule has 0 aliphatic rings. The number of carbonyl (C=O) groups is 2. The number of primary amides is 1. The van der Waals surface area contributed by atoms with Crippen LogP contribution in [-0.4, -0.2) is 30.1 Å². The van der Waals surface area contributed by atoms with Crippen LogP contribution in [0, 0.1) is 18.2 Å². The molecule has 6 heteroatoms. The molecule has 0 aromatic heterocycles. The third-order valence-corrected chi connectivity index (χ3v) is 2.17. The molecule has 1 rings (SSSR count). The zero-order valence-corrected chi connectivity index (χ0v) is 9.39. The van der Waals surface area contributed by atoms with Crippen molar-refractivity contribution in [2.75, 3.05) is 18.0 Å². The summed E-state index contributed by atoms with van der Waals surface area (Å²) in [7, 11) is 0. The number of aliphatic carboxylic acids is 1. The molecule has 0 bridgehead atoms. The van der Waals surface area contributed by atoms with Crippen molar-refractivity contribution in [2.24, 2.45) is 5.73 Å². The van der Waals surface area contributed by atoms with E-state index in [2.05, 4.69) is 5.92 Å². The average Bonchev–Trinajstić information content (AvgIpc) is 2.27. The number of halogens is 1. The number of carbonyl (C=O) groups excluding carboxylic acids is 1. The van der Waals surface area contributed by atoms with Gasteiger partial charge in [0.1, 0.15) is 12.4 Å². The fraction of sp³-hybridized carbons (Fsp3) is 0.167. The van der Waals surface area contributed by atoms with E-state index in [1.807, 2.05) is 0 Å². The molecule has 1 aromatic carbocycles. The Labute approximate surface area is 103 Å². The Kier molecular flexibility index (Phi) is 4.27. The third kappa shape index (κ3) is 3.22. The largest absolute Gasteiger partial charge is 0.480 e. The number of nitrogens with two attached hydrogens (primary N) is 1. The van der Waals surface area contributed by atoms with Gasteiger partial charge in [0.05, 0.1) is 17.8 Å². The molecule has 3 N–H and O–H groups in total. The normalized spacial score (nSPS) is 9.56. The van der Waals surface area contributed by atoms with Crippen molar-refractivity contribution >= 4 is 17.6 Å². The van der Waals surface area contributed by atoms with Crippen molar-refractivity contribution < 1.29 is 19.1 Å². The van der Waals surface area contributed by atoms with Gasteiger partial charge in [0.15, 0.2) is 0 Å². The van der Waals surface area contributed by atoms with Gasteiger partial charge < -0.3 is 15.7 Å². The lowest BCUT2D eigenvalue weighted by atomic mass is 10.1. The van der Waals surface area contributed by atoms with Crippen LogP contribution in [0.15, 0.2) is 18.2 Å². The highest BCUT2D eigenvalue weighted by Gasteiger charge is 2.17. The number of amides is 1. The Hall–Kier alpha value is -2.55. The molecule has 0 atom stereocenters. The Bertz CT molecular complexity index is 523. The standard InChI is InChI=1S/C12H11FN2O3/c1-2-5-15(7-11(16)17)10-4-3-8(13)6-9(10)12(14)18/h1,3-4,6H,5,7H2,(H2,14,18)(H,16,17). The van der Waals surface area contributed by atoms with Gasteiger partial charge in [-0.25, -0.2) is 4.39 Å². The molecule has 0 heterocycles. The maximum atomic E-state index is 13.0. The van der Waals surface area contributed by atoms with E-state index in [1.54, 1.807) is 0 Å². The van der Waals surface area contributed by atoms with E-state index in [-0.39, 0.29) is 17.8 Å². The van der Waals surface area contributed by atoms with Gasteiger partial charge in [-0.1, -0.05) is 5.92 Å². The minimum Gasteiger partial charge on any atom is -0.480 e. The number of nitrogens with zero attached hydrogens (tertiary/aromatic N) is 1. The summed E-state index contributed by atoms with van der Waals surface area (Å²) in [6, 6.07) is 3.33. The molecule has 0 fully saturated rings. The van der Waals surface area contributed by atoms with E-state index in [1.165, 1.54) is 11.0 Å². The Morgan fingerprint density at radius 2 is 2.17 bits per heavy atom. The fourth-order valence-corrected chi connectivity index (χ4v) is 1.48. The van der Waals surface area contributed by atoms with Crippen LogP contribution in [0.5, 0.6) is 0 Å². The van der Waals surface area contributed by atoms with E-state index in [0.717, 1.165) is 12.1 Å². The summed E-state index contributed by atoms with van der Waals surface area (Å²) in [5.41, 5.74) is 5.21. The summed E-state index contributed by atoms with van der Waals surface area (Å²) < 4.78 is 13.0. The van der Waals surface area contributed by atoms with Crippen LogP contribution in [0.4, 0.5) is 10.1 Å². The molecular formula is C12H11FN2O3. The molecular weight excluding hydrogens is 239 g/mol. The molecule has 18 heavy (non-hydrogen) atoms. The SMILES string of the molecule is C#CCN(CC(=O)O)c1ccc(F)cc1C(N)=O. The number of carboxylic acid groups (broad SMARTS) is 1. The summed E-state index contributed by atoms with van der Waals surface area (Å²) in [6.45, 7) is -0.436. The molecule has 5 nitrogen and oxygen atoms in total. The summed E-state index contributed by atoms with van der Waals surface area (Å²) in [4.78, 5) is 23.2. The first-order valence-electron chi connectivity index (χ1n) is 4.95. The predicted octanol–water partition coefficient (Wildman–Crippen LogP) is 0.449. The van der Waals surface area contributed by atoms with Crippen molar-refractivity contribution in [3.8, 4) is 12.3 Å². The van der Waals surface area contributed by atoms with Gasteiger partial charge in [0, 0.05) is 0 Å². The highest BCUT2D eigenvalue weighted by atomic mass is 19.1. The van der Waals surface area contributed by atoms with Crippen molar-refractivity contribution in [1.82, 2.24) is 0 Å². The highest BCUT2D eigenvalue weighted by molar-refractivity contribution is 5.99. The van der Waals surface area contributed by atoms with Crippen LogP contribution in [0.1, 0.15) is 10.4 Å². The smallest absolute Gasteiger partial charge is 0.323 e. The van der Waals surface area contributed by atoms with E-state index in [4.69, 9.17) is 17.3 Å². The van der Waals surface area contributed by atoms with Crippen molar-refractivity contribution in [1.29, 1.82) is 0 Å². The maximum absolute atomic E-state index is 13.0. The summed E-state index contributed by atoms with van der Waals surface area (Å²) in [5, 5.41) is 8.76. The first kappa shape index (κ1) is 13.5. The van der Waals surface area contributed by atoms with Gasteiger partial charge >= 0.3 is 5.97 Å². The monoisotopic (exact) mass is 250 g/mol. The van der Waals surface area contributed by atoms with Crippen molar-refractivity contribution in [3.63, 3.8) is 0 Å². The van der Waals surface area contributed by atoms with Gasteiger partial charge in [0.25, 0.3) is 5.91 Å². The van der Waals surface area contributed by atoms with Crippen LogP contribution in [-0.2, 0) is 4.79 Å². The molecule has 1 amide bonds. The summed E-state index contributed by atoms with van der Waals surface area (Å²) in [6.07, 6.45) is 5.12. The minimum absolute atomic E-state index is 0.0296. The van der Waals surface area contributed by atoms with Crippen LogP contribution in [0.25, 0.3) is 0 Å². The first-order chi connectivity index (χ1) is 8.45. The number of anilines is 1. The van der Waals surface area contributed by atoms with Gasteiger partial charge in [0.2, 0.25) is 0 Å². The van der Waals surface area contributed by atoms with Crippen LogP contribution in [0.2, 0.25) is 0 Å².